The van der Waals surface area contributed by atoms with E-state index >= 15 is 0 Å². The summed E-state index contributed by atoms with van der Waals surface area (Å²) < 4.78 is 1.71. The van der Waals surface area contributed by atoms with Gasteiger partial charge in [0, 0.05) is 23.0 Å². The zero-order chi connectivity index (χ0) is 11.7. The number of aryl methyl sites for hydroxylation is 1. The average Bonchev–Trinajstić information content (AvgIpc) is 2.66. The zero-order valence-electron chi connectivity index (χ0n) is 8.55. The molecule has 0 fully saturated rings. The van der Waals surface area contributed by atoms with Gasteiger partial charge >= 0.3 is 0 Å². The topological polar surface area (TPSA) is 48.1 Å². The highest BCUT2D eigenvalue weighted by Crippen LogP contribution is 2.21. The number of nitrogens with zero attached hydrogens (tertiary/aromatic N) is 2. The van der Waals surface area contributed by atoms with E-state index in [4.69, 9.17) is 11.6 Å². The van der Waals surface area contributed by atoms with Crippen molar-refractivity contribution in [2.45, 2.75) is 6.92 Å². The van der Waals surface area contributed by atoms with E-state index < -0.39 is 4.92 Å². The zero-order valence-corrected chi connectivity index (χ0v) is 9.31. The summed E-state index contributed by atoms with van der Waals surface area (Å²) in [6, 6.07) is 6.88. The molecule has 2 aromatic rings. The van der Waals surface area contributed by atoms with Crippen molar-refractivity contribution < 1.29 is 4.92 Å². The maximum absolute atomic E-state index is 10.6. The summed E-state index contributed by atoms with van der Waals surface area (Å²) in [7, 11) is 0. The highest BCUT2D eigenvalue weighted by molar-refractivity contribution is 6.30. The van der Waals surface area contributed by atoms with Crippen LogP contribution < -0.4 is 0 Å². The Kier molecular flexibility index (Phi) is 2.66. The summed E-state index contributed by atoms with van der Waals surface area (Å²) in [4.78, 5) is 10.1. The lowest BCUT2D eigenvalue weighted by Gasteiger charge is -2.06. The first kappa shape index (κ1) is 10.7. The van der Waals surface area contributed by atoms with E-state index in [1.165, 1.54) is 12.3 Å². The molecule has 0 saturated heterocycles. The summed E-state index contributed by atoms with van der Waals surface area (Å²) in [5.74, 6) is 0. The van der Waals surface area contributed by atoms with Gasteiger partial charge in [-0.2, -0.15) is 0 Å². The number of benzene rings is 1. The molecule has 0 radical (unpaired) electrons. The number of halogens is 1. The van der Waals surface area contributed by atoms with E-state index in [2.05, 4.69) is 0 Å². The lowest BCUT2D eigenvalue weighted by molar-refractivity contribution is -0.384. The van der Waals surface area contributed by atoms with Gasteiger partial charge in [0.05, 0.1) is 11.1 Å². The Bertz CT molecular complexity index is 549. The summed E-state index contributed by atoms with van der Waals surface area (Å²) in [6.07, 6.45) is 3.14. The minimum Gasteiger partial charge on any atom is -0.317 e. The molecule has 0 unspecified atom stereocenters. The Labute approximate surface area is 97.2 Å². The van der Waals surface area contributed by atoms with Crippen LogP contribution in [0.2, 0.25) is 5.02 Å². The number of nitro groups is 1. The second-order valence-corrected chi connectivity index (χ2v) is 3.90. The monoisotopic (exact) mass is 236 g/mol. The Morgan fingerprint density at radius 2 is 2.12 bits per heavy atom. The third kappa shape index (κ3) is 1.92. The van der Waals surface area contributed by atoms with Crippen molar-refractivity contribution >= 4 is 17.3 Å². The van der Waals surface area contributed by atoms with Gasteiger partial charge in [-0.15, -0.1) is 0 Å². The van der Waals surface area contributed by atoms with E-state index in [9.17, 15) is 10.1 Å². The number of hydrogen-bond acceptors (Lipinski definition) is 2. The van der Waals surface area contributed by atoms with Crippen molar-refractivity contribution in [1.82, 2.24) is 4.57 Å². The first-order valence-corrected chi connectivity index (χ1v) is 5.04. The molecule has 0 bridgehead atoms. The molecular formula is C11H9ClN2O2. The molecule has 1 aromatic heterocycles. The molecule has 0 amide bonds. The predicted molar refractivity (Wildman–Crippen MR) is 62.2 cm³/mol. The molecular weight excluding hydrogens is 228 g/mol. The summed E-state index contributed by atoms with van der Waals surface area (Å²) >= 11 is 5.84. The molecule has 2 rings (SSSR count). The van der Waals surface area contributed by atoms with E-state index in [0.717, 1.165) is 11.3 Å². The summed E-state index contributed by atoms with van der Waals surface area (Å²) in [5, 5.41) is 11.2. The minimum atomic E-state index is -0.415. The average molecular weight is 237 g/mol. The van der Waals surface area contributed by atoms with Crippen LogP contribution in [0.25, 0.3) is 5.69 Å². The SMILES string of the molecule is Cc1cc(Cl)ccc1-n1ccc([N+](=O)[O-])c1. The number of rotatable bonds is 2. The van der Waals surface area contributed by atoms with Gasteiger partial charge in [0.2, 0.25) is 0 Å². The quantitative estimate of drug-likeness (QED) is 0.593. The fraction of sp³-hybridized carbons (Fsp3) is 0.0909. The molecule has 0 atom stereocenters. The van der Waals surface area contributed by atoms with Crippen molar-refractivity contribution in [3.63, 3.8) is 0 Å². The van der Waals surface area contributed by atoms with Gasteiger partial charge in [-0.25, -0.2) is 0 Å². The molecule has 16 heavy (non-hydrogen) atoms. The van der Waals surface area contributed by atoms with Gasteiger partial charge in [-0.1, -0.05) is 11.6 Å². The van der Waals surface area contributed by atoms with Crippen LogP contribution >= 0.6 is 11.6 Å². The van der Waals surface area contributed by atoms with Crippen LogP contribution in [0.4, 0.5) is 5.69 Å². The van der Waals surface area contributed by atoms with Crippen LogP contribution in [0, 0.1) is 17.0 Å². The van der Waals surface area contributed by atoms with Crippen LogP contribution in [0.3, 0.4) is 0 Å². The Morgan fingerprint density at radius 3 is 2.69 bits per heavy atom. The van der Waals surface area contributed by atoms with Crippen LogP contribution in [0.15, 0.2) is 36.7 Å². The van der Waals surface area contributed by atoms with Crippen LogP contribution in [-0.2, 0) is 0 Å². The third-order valence-corrected chi connectivity index (χ3v) is 2.56. The Balaban J connectivity index is 2.46. The van der Waals surface area contributed by atoms with Gasteiger partial charge in [0.1, 0.15) is 0 Å². The van der Waals surface area contributed by atoms with Gasteiger partial charge < -0.3 is 4.57 Å². The van der Waals surface area contributed by atoms with Gasteiger partial charge in [-0.05, 0) is 30.7 Å². The second kappa shape index (κ2) is 3.98. The van der Waals surface area contributed by atoms with Gasteiger partial charge in [0.15, 0.2) is 0 Å². The second-order valence-electron chi connectivity index (χ2n) is 3.46. The fourth-order valence-electron chi connectivity index (χ4n) is 1.55. The summed E-state index contributed by atoms with van der Waals surface area (Å²) in [6.45, 7) is 1.91. The number of aromatic nitrogens is 1. The molecule has 82 valence electrons. The van der Waals surface area contributed by atoms with Gasteiger partial charge in [0.25, 0.3) is 5.69 Å². The molecule has 0 saturated carbocycles. The molecule has 4 nitrogen and oxygen atoms in total. The van der Waals surface area contributed by atoms with Crippen molar-refractivity contribution in [1.29, 1.82) is 0 Å². The standard InChI is InChI=1S/C11H9ClN2O2/c1-8-6-9(12)2-3-11(8)13-5-4-10(7-13)14(15)16/h2-7H,1H3. The molecule has 1 heterocycles. The molecule has 1 aromatic carbocycles. The highest BCUT2D eigenvalue weighted by Gasteiger charge is 2.09. The maximum atomic E-state index is 10.6. The van der Waals surface area contributed by atoms with E-state index in [0.29, 0.717) is 5.02 Å². The van der Waals surface area contributed by atoms with E-state index in [-0.39, 0.29) is 5.69 Å². The fourth-order valence-corrected chi connectivity index (χ4v) is 1.78. The smallest absolute Gasteiger partial charge is 0.287 e. The Morgan fingerprint density at radius 1 is 1.38 bits per heavy atom. The first-order chi connectivity index (χ1) is 7.58. The first-order valence-electron chi connectivity index (χ1n) is 4.67. The predicted octanol–water partition coefficient (Wildman–Crippen LogP) is 3.35. The summed E-state index contributed by atoms with van der Waals surface area (Å²) in [5.41, 5.74) is 1.94. The number of hydrogen-bond donors (Lipinski definition) is 0. The van der Waals surface area contributed by atoms with Crippen LogP contribution in [0.1, 0.15) is 5.56 Å². The van der Waals surface area contributed by atoms with E-state index in [1.54, 1.807) is 16.8 Å². The van der Waals surface area contributed by atoms with Gasteiger partial charge in [-0.3, -0.25) is 10.1 Å². The van der Waals surface area contributed by atoms with Crippen molar-refractivity contribution in [2.24, 2.45) is 0 Å². The molecule has 0 aliphatic rings. The van der Waals surface area contributed by atoms with E-state index in [1.807, 2.05) is 19.1 Å². The highest BCUT2D eigenvalue weighted by atomic mass is 35.5. The van der Waals surface area contributed by atoms with Crippen molar-refractivity contribution in [2.75, 3.05) is 0 Å². The third-order valence-electron chi connectivity index (χ3n) is 2.33. The van der Waals surface area contributed by atoms with Crippen molar-refractivity contribution in [3.05, 3.63) is 57.4 Å². The molecule has 5 heteroatoms. The minimum absolute atomic E-state index is 0.0781. The molecule has 0 spiro atoms. The molecule has 0 aliphatic heterocycles. The lowest BCUT2D eigenvalue weighted by atomic mass is 10.2. The van der Waals surface area contributed by atoms with Crippen LogP contribution in [0.5, 0.6) is 0 Å². The molecule has 0 aliphatic carbocycles. The molecule has 0 N–H and O–H groups in total. The Hall–Kier alpha value is -1.81. The van der Waals surface area contributed by atoms with Crippen LogP contribution in [-0.4, -0.2) is 9.49 Å². The maximum Gasteiger partial charge on any atom is 0.287 e. The lowest BCUT2D eigenvalue weighted by Crippen LogP contribution is -1.93. The largest absolute Gasteiger partial charge is 0.317 e. The normalized spacial score (nSPS) is 10.4. The van der Waals surface area contributed by atoms with Crippen molar-refractivity contribution in [3.8, 4) is 5.69 Å².